The van der Waals surface area contributed by atoms with Gasteiger partial charge in [0.05, 0.1) is 4.90 Å². The van der Waals surface area contributed by atoms with E-state index in [4.69, 9.17) is 0 Å². The summed E-state index contributed by atoms with van der Waals surface area (Å²) < 4.78 is 26.4. The summed E-state index contributed by atoms with van der Waals surface area (Å²) in [7, 11) is -1.54. The SMILES string of the molecule is CCN(C)c1cccc(NC(=O)c2ccc(S(=O)(=O)N(CC)CC)cc2)c1. The number of nitrogens with zero attached hydrogens (tertiary/aromatic N) is 2. The van der Waals surface area contributed by atoms with E-state index in [-0.39, 0.29) is 10.8 Å². The van der Waals surface area contributed by atoms with Gasteiger partial charge in [-0.1, -0.05) is 19.9 Å². The van der Waals surface area contributed by atoms with Gasteiger partial charge in [-0.05, 0) is 49.4 Å². The Balaban J connectivity index is 2.17. The standard InChI is InChI=1S/C20H27N3O3S/c1-5-22(4)18-10-8-9-17(15-18)21-20(24)16-11-13-19(14-12-16)27(25,26)23(6-2)7-3/h8-15H,5-7H2,1-4H3,(H,21,24). The fourth-order valence-electron chi connectivity index (χ4n) is 2.70. The van der Waals surface area contributed by atoms with Gasteiger partial charge in [0.15, 0.2) is 0 Å². The van der Waals surface area contributed by atoms with Crippen molar-refractivity contribution in [3.63, 3.8) is 0 Å². The van der Waals surface area contributed by atoms with Gasteiger partial charge in [0, 0.05) is 43.6 Å². The Morgan fingerprint density at radius 1 is 0.963 bits per heavy atom. The smallest absolute Gasteiger partial charge is 0.255 e. The van der Waals surface area contributed by atoms with Crippen molar-refractivity contribution in [3.05, 3.63) is 54.1 Å². The van der Waals surface area contributed by atoms with E-state index in [2.05, 4.69) is 17.1 Å². The maximum Gasteiger partial charge on any atom is 0.255 e. The van der Waals surface area contributed by atoms with Gasteiger partial charge in [-0.2, -0.15) is 4.31 Å². The molecule has 1 amide bonds. The average Bonchev–Trinajstić information content (AvgIpc) is 2.68. The van der Waals surface area contributed by atoms with E-state index >= 15 is 0 Å². The van der Waals surface area contributed by atoms with Crippen LogP contribution in [0.4, 0.5) is 11.4 Å². The number of amides is 1. The van der Waals surface area contributed by atoms with E-state index in [0.717, 1.165) is 12.2 Å². The molecule has 0 unspecified atom stereocenters. The highest BCUT2D eigenvalue weighted by molar-refractivity contribution is 7.89. The summed E-state index contributed by atoms with van der Waals surface area (Å²) in [6.07, 6.45) is 0. The van der Waals surface area contributed by atoms with Crippen LogP contribution in [0, 0.1) is 0 Å². The first-order valence-corrected chi connectivity index (χ1v) is 10.5. The second-order valence-electron chi connectivity index (χ2n) is 6.13. The van der Waals surface area contributed by atoms with E-state index < -0.39 is 10.0 Å². The van der Waals surface area contributed by atoms with Crippen LogP contribution in [0.25, 0.3) is 0 Å². The number of anilines is 2. The van der Waals surface area contributed by atoms with Gasteiger partial charge < -0.3 is 10.2 Å². The minimum Gasteiger partial charge on any atom is -0.375 e. The molecule has 0 heterocycles. The number of carbonyl (C=O) groups is 1. The lowest BCUT2D eigenvalue weighted by atomic mass is 10.2. The second kappa shape index (κ2) is 9.01. The molecule has 2 rings (SSSR count). The minimum absolute atomic E-state index is 0.189. The Morgan fingerprint density at radius 3 is 2.15 bits per heavy atom. The maximum absolute atomic E-state index is 12.5. The molecular formula is C20H27N3O3S. The lowest BCUT2D eigenvalue weighted by molar-refractivity contribution is 0.102. The molecular weight excluding hydrogens is 362 g/mol. The van der Waals surface area contributed by atoms with Gasteiger partial charge in [0.25, 0.3) is 5.91 Å². The molecule has 0 aliphatic heterocycles. The zero-order valence-electron chi connectivity index (χ0n) is 16.3. The van der Waals surface area contributed by atoms with Gasteiger partial charge in [0.2, 0.25) is 10.0 Å². The highest BCUT2D eigenvalue weighted by Crippen LogP contribution is 2.20. The summed E-state index contributed by atoms with van der Waals surface area (Å²) in [6, 6.07) is 13.6. The topological polar surface area (TPSA) is 69.7 Å². The quantitative estimate of drug-likeness (QED) is 0.751. The minimum atomic E-state index is -3.52. The van der Waals surface area contributed by atoms with Crippen molar-refractivity contribution in [2.45, 2.75) is 25.7 Å². The summed E-state index contributed by atoms with van der Waals surface area (Å²) in [5, 5.41) is 2.86. The van der Waals surface area contributed by atoms with Gasteiger partial charge in [-0.15, -0.1) is 0 Å². The Labute approximate surface area is 161 Å². The molecule has 6 nitrogen and oxygen atoms in total. The first-order chi connectivity index (χ1) is 12.8. The molecule has 146 valence electrons. The van der Waals surface area contributed by atoms with E-state index in [1.165, 1.54) is 28.6 Å². The normalized spacial score (nSPS) is 11.4. The average molecular weight is 390 g/mol. The summed E-state index contributed by atoms with van der Waals surface area (Å²) in [5.74, 6) is -0.280. The molecule has 1 N–H and O–H groups in total. The first-order valence-electron chi connectivity index (χ1n) is 9.06. The van der Waals surface area contributed by atoms with E-state index in [1.54, 1.807) is 13.8 Å². The van der Waals surface area contributed by atoms with Gasteiger partial charge >= 0.3 is 0 Å². The highest BCUT2D eigenvalue weighted by atomic mass is 32.2. The van der Waals surface area contributed by atoms with Gasteiger partial charge in [-0.3, -0.25) is 4.79 Å². The van der Waals surface area contributed by atoms with Crippen LogP contribution in [0.15, 0.2) is 53.4 Å². The highest BCUT2D eigenvalue weighted by Gasteiger charge is 2.21. The number of hydrogen-bond acceptors (Lipinski definition) is 4. The molecule has 0 aliphatic rings. The van der Waals surface area contributed by atoms with Crippen molar-refractivity contribution in [2.24, 2.45) is 0 Å². The molecule has 2 aromatic carbocycles. The van der Waals surface area contributed by atoms with Crippen molar-refractivity contribution in [3.8, 4) is 0 Å². The first kappa shape index (κ1) is 20.9. The van der Waals surface area contributed by atoms with Gasteiger partial charge in [0.1, 0.15) is 0 Å². The number of carbonyl (C=O) groups excluding carboxylic acids is 1. The molecule has 0 saturated carbocycles. The molecule has 27 heavy (non-hydrogen) atoms. The third kappa shape index (κ3) is 4.87. The molecule has 0 fully saturated rings. The van der Waals surface area contributed by atoms with E-state index in [9.17, 15) is 13.2 Å². The number of nitrogens with one attached hydrogen (secondary N) is 1. The van der Waals surface area contributed by atoms with Crippen LogP contribution in [0.2, 0.25) is 0 Å². The summed E-state index contributed by atoms with van der Waals surface area (Å²) in [4.78, 5) is 14.7. The number of rotatable bonds is 8. The lowest BCUT2D eigenvalue weighted by Crippen LogP contribution is -2.30. The van der Waals surface area contributed by atoms with E-state index in [0.29, 0.717) is 24.3 Å². The maximum atomic E-state index is 12.5. The van der Waals surface area contributed by atoms with E-state index in [1.807, 2.05) is 31.3 Å². The fraction of sp³-hybridized carbons (Fsp3) is 0.350. The third-order valence-electron chi connectivity index (χ3n) is 4.48. The Hall–Kier alpha value is -2.38. The largest absolute Gasteiger partial charge is 0.375 e. The molecule has 0 bridgehead atoms. The number of benzene rings is 2. The van der Waals surface area contributed by atoms with Crippen LogP contribution >= 0.6 is 0 Å². The zero-order valence-corrected chi connectivity index (χ0v) is 17.1. The zero-order chi connectivity index (χ0) is 20.0. The fourth-order valence-corrected chi connectivity index (χ4v) is 4.16. The van der Waals surface area contributed by atoms with Crippen molar-refractivity contribution in [1.82, 2.24) is 4.31 Å². The molecule has 7 heteroatoms. The monoisotopic (exact) mass is 389 g/mol. The molecule has 0 spiro atoms. The molecule has 0 radical (unpaired) electrons. The summed E-state index contributed by atoms with van der Waals surface area (Å²) in [6.45, 7) is 7.33. The van der Waals surface area contributed by atoms with Crippen molar-refractivity contribution < 1.29 is 13.2 Å². The predicted molar refractivity (Wildman–Crippen MR) is 110 cm³/mol. The van der Waals surface area contributed by atoms with Gasteiger partial charge in [-0.25, -0.2) is 8.42 Å². The van der Waals surface area contributed by atoms with Crippen molar-refractivity contribution in [2.75, 3.05) is 36.9 Å². The van der Waals surface area contributed by atoms with Crippen LogP contribution in [-0.4, -0.2) is 45.3 Å². The molecule has 0 aromatic heterocycles. The van der Waals surface area contributed by atoms with Crippen LogP contribution < -0.4 is 10.2 Å². The Kier molecular flexibility index (Phi) is 6.98. The third-order valence-corrected chi connectivity index (χ3v) is 6.54. The van der Waals surface area contributed by atoms with Crippen LogP contribution in [0.3, 0.4) is 0 Å². The molecule has 0 atom stereocenters. The summed E-state index contributed by atoms with van der Waals surface area (Å²) >= 11 is 0. The van der Waals surface area contributed by atoms with Crippen molar-refractivity contribution >= 4 is 27.3 Å². The number of hydrogen-bond donors (Lipinski definition) is 1. The van der Waals surface area contributed by atoms with Crippen LogP contribution in [0.1, 0.15) is 31.1 Å². The predicted octanol–water partition coefficient (Wildman–Crippen LogP) is 3.43. The van der Waals surface area contributed by atoms with Crippen LogP contribution in [-0.2, 0) is 10.0 Å². The Morgan fingerprint density at radius 2 is 1.59 bits per heavy atom. The molecule has 0 saturated heterocycles. The Bertz CT molecular complexity index is 876. The summed E-state index contributed by atoms with van der Waals surface area (Å²) in [5.41, 5.74) is 2.11. The van der Waals surface area contributed by atoms with Crippen molar-refractivity contribution in [1.29, 1.82) is 0 Å². The molecule has 2 aromatic rings. The second-order valence-corrected chi connectivity index (χ2v) is 8.07. The van der Waals surface area contributed by atoms with Crippen LogP contribution in [0.5, 0.6) is 0 Å². The molecule has 0 aliphatic carbocycles. The lowest BCUT2D eigenvalue weighted by Gasteiger charge is -2.18. The number of sulfonamides is 1.